The molecule has 0 bridgehead atoms. The normalized spacial score (nSPS) is 33.0. The fraction of sp³-hybridized carbons (Fsp3) is 1.00. The lowest BCUT2D eigenvalue weighted by Crippen LogP contribution is -2.55. The lowest BCUT2D eigenvalue weighted by Gasteiger charge is -2.46. The SMILES string of the molecule is CCCNC1CCC(C)(C)CC1N1CCCN(C)CC1. The average Bonchev–Trinajstić information content (AvgIpc) is 2.61. The number of rotatable bonds is 4. The van der Waals surface area contributed by atoms with Crippen LogP contribution >= 0.6 is 0 Å². The molecule has 1 aliphatic heterocycles. The first-order valence-corrected chi connectivity index (χ1v) is 8.68. The van der Waals surface area contributed by atoms with E-state index in [1.54, 1.807) is 0 Å². The van der Waals surface area contributed by atoms with Crippen molar-refractivity contribution >= 4 is 0 Å². The molecule has 2 aliphatic rings. The van der Waals surface area contributed by atoms with Gasteiger partial charge in [0.25, 0.3) is 0 Å². The summed E-state index contributed by atoms with van der Waals surface area (Å²) in [7, 11) is 2.27. The standard InChI is InChI=1S/C17H35N3/c1-5-9-18-15-7-8-17(2,3)14-16(15)20-11-6-10-19(4)12-13-20/h15-16,18H,5-14H2,1-4H3. The van der Waals surface area contributed by atoms with E-state index >= 15 is 0 Å². The zero-order valence-corrected chi connectivity index (χ0v) is 14.1. The Labute approximate surface area is 126 Å². The van der Waals surface area contributed by atoms with Crippen molar-refractivity contribution in [3.8, 4) is 0 Å². The van der Waals surface area contributed by atoms with Gasteiger partial charge in [-0.1, -0.05) is 20.8 Å². The van der Waals surface area contributed by atoms with Crippen LogP contribution in [0.1, 0.15) is 52.9 Å². The minimum absolute atomic E-state index is 0.521. The maximum Gasteiger partial charge on any atom is 0.0254 e. The van der Waals surface area contributed by atoms with Crippen LogP contribution in [-0.2, 0) is 0 Å². The molecule has 3 nitrogen and oxygen atoms in total. The first kappa shape index (κ1) is 16.3. The molecule has 3 heteroatoms. The maximum atomic E-state index is 3.83. The topological polar surface area (TPSA) is 18.5 Å². The van der Waals surface area contributed by atoms with Crippen molar-refractivity contribution in [1.82, 2.24) is 15.1 Å². The molecule has 2 atom stereocenters. The Balaban J connectivity index is 2.01. The van der Waals surface area contributed by atoms with Gasteiger partial charge in [-0.3, -0.25) is 4.90 Å². The first-order valence-electron chi connectivity index (χ1n) is 8.68. The van der Waals surface area contributed by atoms with Crippen molar-refractivity contribution in [2.24, 2.45) is 5.41 Å². The zero-order chi connectivity index (χ0) is 14.6. The van der Waals surface area contributed by atoms with Crippen LogP contribution in [-0.4, -0.2) is 61.7 Å². The highest BCUT2D eigenvalue weighted by molar-refractivity contribution is 4.95. The van der Waals surface area contributed by atoms with E-state index in [0.717, 1.165) is 6.04 Å². The molecular weight excluding hydrogens is 246 g/mol. The van der Waals surface area contributed by atoms with Gasteiger partial charge in [-0.15, -0.1) is 0 Å². The Bertz CT molecular complexity index is 290. The molecule has 0 spiro atoms. The monoisotopic (exact) mass is 281 g/mol. The van der Waals surface area contributed by atoms with Crippen LogP contribution < -0.4 is 5.32 Å². The van der Waals surface area contributed by atoms with Crippen molar-refractivity contribution < 1.29 is 0 Å². The van der Waals surface area contributed by atoms with Gasteiger partial charge in [0.2, 0.25) is 0 Å². The average molecular weight is 281 g/mol. The van der Waals surface area contributed by atoms with Crippen LogP contribution in [0.2, 0.25) is 0 Å². The molecule has 0 amide bonds. The summed E-state index contributed by atoms with van der Waals surface area (Å²) in [5, 5.41) is 3.83. The fourth-order valence-electron chi connectivity index (χ4n) is 3.90. The summed E-state index contributed by atoms with van der Waals surface area (Å²) in [6, 6.07) is 1.46. The van der Waals surface area contributed by atoms with E-state index < -0.39 is 0 Å². The summed E-state index contributed by atoms with van der Waals surface area (Å²) >= 11 is 0. The summed E-state index contributed by atoms with van der Waals surface area (Å²) in [6.45, 7) is 13.4. The predicted molar refractivity (Wildman–Crippen MR) is 87.2 cm³/mol. The number of likely N-dealkylation sites (N-methyl/N-ethyl adjacent to an activating group) is 1. The quantitative estimate of drug-likeness (QED) is 0.854. The van der Waals surface area contributed by atoms with Crippen LogP contribution in [0.25, 0.3) is 0 Å². The van der Waals surface area contributed by atoms with Crippen LogP contribution in [0, 0.1) is 5.41 Å². The zero-order valence-electron chi connectivity index (χ0n) is 14.1. The minimum Gasteiger partial charge on any atom is -0.312 e. The molecule has 1 N–H and O–H groups in total. The molecule has 2 rings (SSSR count). The summed E-state index contributed by atoms with van der Waals surface area (Å²) in [5.74, 6) is 0. The number of nitrogens with zero attached hydrogens (tertiary/aromatic N) is 2. The van der Waals surface area contributed by atoms with E-state index in [2.05, 4.69) is 42.9 Å². The molecule has 20 heavy (non-hydrogen) atoms. The van der Waals surface area contributed by atoms with Gasteiger partial charge in [0.05, 0.1) is 0 Å². The first-order chi connectivity index (χ1) is 9.52. The van der Waals surface area contributed by atoms with E-state index in [1.807, 2.05) is 0 Å². The molecule has 1 saturated carbocycles. The van der Waals surface area contributed by atoms with Crippen molar-refractivity contribution in [3.63, 3.8) is 0 Å². The molecule has 118 valence electrons. The molecule has 1 heterocycles. The van der Waals surface area contributed by atoms with E-state index in [9.17, 15) is 0 Å². The third-order valence-corrected chi connectivity index (χ3v) is 5.24. The van der Waals surface area contributed by atoms with Gasteiger partial charge in [-0.05, 0) is 64.2 Å². The van der Waals surface area contributed by atoms with Crippen molar-refractivity contribution in [3.05, 3.63) is 0 Å². The Hall–Kier alpha value is -0.120. The van der Waals surface area contributed by atoms with Crippen molar-refractivity contribution in [2.75, 3.05) is 39.8 Å². The van der Waals surface area contributed by atoms with Gasteiger partial charge in [0.1, 0.15) is 0 Å². The largest absolute Gasteiger partial charge is 0.312 e. The highest BCUT2D eigenvalue weighted by atomic mass is 15.2. The van der Waals surface area contributed by atoms with Gasteiger partial charge in [0.15, 0.2) is 0 Å². The molecule has 2 fully saturated rings. The number of hydrogen-bond acceptors (Lipinski definition) is 3. The van der Waals surface area contributed by atoms with E-state index in [1.165, 1.54) is 64.8 Å². The molecule has 1 aliphatic carbocycles. The Morgan fingerprint density at radius 3 is 2.70 bits per heavy atom. The Morgan fingerprint density at radius 2 is 1.95 bits per heavy atom. The third kappa shape index (κ3) is 4.44. The molecule has 0 aromatic rings. The molecule has 2 unspecified atom stereocenters. The van der Waals surface area contributed by atoms with Crippen LogP contribution in [0.4, 0.5) is 0 Å². The fourth-order valence-corrected chi connectivity index (χ4v) is 3.90. The van der Waals surface area contributed by atoms with Gasteiger partial charge in [-0.25, -0.2) is 0 Å². The lowest BCUT2D eigenvalue weighted by atomic mass is 9.72. The molecule has 1 saturated heterocycles. The highest BCUT2D eigenvalue weighted by Gasteiger charge is 2.37. The second-order valence-corrected chi connectivity index (χ2v) is 7.73. The van der Waals surface area contributed by atoms with Gasteiger partial charge in [-0.2, -0.15) is 0 Å². The van der Waals surface area contributed by atoms with Crippen LogP contribution in [0.3, 0.4) is 0 Å². The smallest absolute Gasteiger partial charge is 0.0254 e. The molecular formula is C17H35N3. The van der Waals surface area contributed by atoms with Gasteiger partial charge in [0, 0.05) is 25.2 Å². The van der Waals surface area contributed by atoms with Crippen LogP contribution in [0.5, 0.6) is 0 Å². The van der Waals surface area contributed by atoms with E-state index in [4.69, 9.17) is 0 Å². The Kier molecular flexibility index (Phi) is 5.88. The molecule has 0 aromatic carbocycles. The lowest BCUT2D eigenvalue weighted by molar-refractivity contribution is 0.0675. The number of hydrogen-bond donors (Lipinski definition) is 1. The highest BCUT2D eigenvalue weighted by Crippen LogP contribution is 2.37. The van der Waals surface area contributed by atoms with E-state index in [0.29, 0.717) is 11.5 Å². The van der Waals surface area contributed by atoms with Gasteiger partial charge >= 0.3 is 0 Å². The maximum absolute atomic E-state index is 3.83. The molecule has 0 radical (unpaired) electrons. The van der Waals surface area contributed by atoms with Crippen molar-refractivity contribution in [1.29, 1.82) is 0 Å². The summed E-state index contributed by atoms with van der Waals surface area (Å²) in [4.78, 5) is 5.28. The summed E-state index contributed by atoms with van der Waals surface area (Å²) in [5.41, 5.74) is 0.521. The minimum atomic E-state index is 0.521. The predicted octanol–water partition coefficient (Wildman–Crippen LogP) is 2.57. The second kappa shape index (κ2) is 7.24. The summed E-state index contributed by atoms with van der Waals surface area (Å²) < 4.78 is 0. The summed E-state index contributed by atoms with van der Waals surface area (Å²) in [6.07, 6.45) is 6.66. The van der Waals surface area contributed by atoms with Crippen LogP contribution in [0.15, 0.2) is 0 Å². The molecule has 0 aromatic heterocycles. The second-order valence-electron chi connectivity index (χ2n) is 7.73. The van der Waals surface area contributed by atoms with Crippen molar-refractivity contribution in [2.45, 2.75) is 65.0 Å². The third-order valence-electron chi connectivity index (χ3n) is 5.24. The van der Waals surface area contributed by atoms with Gasteiger partial charge < -0.3 is 10.2 Å². The van der Waals surface area contributed by atoms with E-state index in [-0.39, 0.29) is 0 Å². The number of nitrogens with one attached hydrogen (secondary N) is 1. The Morgan fingerprint density at radius 1 is 1.15 bits per heavy atom.